The molecule has 0 radical (unpaired) electrons. The van der Waals surface area contributed by atoms with Crippen LogP contribution in [0.1, 0.15) is 5.56 Å². The van der Waals surface area contributed by atoms with Gasteiger partial charge in [-0.2, -0.15) is 0 Å². The molecular formula is C11H14F2N2. The normalized spacial score (nSPS) is 16.9. The number of nitrogens with zero attached hydrogens (tertiary/aromatic N) is 1. The summed E-state index contributed by atoms with van der Waals surface area (Å²) in [6.07, 6.45) is 0. The lowest BCUT2D eigenvalue weighted by molar-refractivity contribution is 0.557. The zero-order valence-corrected chi connectivity index (χ0v) is 8.69. The number of benzene rings is 1. The minimum absolute atomic E-state index is 0.0916. The fourth-order valence-electron chi connectivity index (χ4n) is 1.74. The number of hydrogen-bond acceptors (Lipinski definition) is 2. The molecule has 1 N–H and O–H groups in total. The number of nitrogens with one attached hydrogen (secondary N) is 1. The molecule has 2 rings (SSSR count). The molecule has 0 atom stereocenters. The lowest BCUT2D eigenvalue weighted by atomic mass is 10.1. The third-order valence-corrected chi connectivity index (χ3v) is 2.75. The molecule has 0 unspecified atom stereocenters. The van der Waals surface area contributed by atoms with Crippen LogP contribution in [0.4, 0.5) is 14.5 Å². The maximum absolute atomic E-state index is 13.3. The van der Waals surface area contributed by atoms with Crippen molar-refractivity contribution >= 4 is 5.69 Å². The Bertz CT molecular complexity index is 337. The molecule has 0 aromatic heterocycles. The van der Waals surface area contributed by atoms with E-state index in [1.807, 2.05) is 4.90 Å². The van der Waals surface area contributed by atoms with E-state index >= 15 is 0 Å². The van der Waals surface area contributed by atoms with E-state index in [2.05, 4.69) is 5.32 Å². The molecule has 1 saturated heterocycles. The number of piperazine rings is 1. The number of halogens is 2. The van der Waals surface area contributed by atoms with Crippen LogP contribution in [-0.2, 0) is 0 Å². The lowest BCUT2D eigenvalue weighted by Gasteiger charge is -2.29. The highest BCUT2D eigenvalue weighted by molar-refractivity contribution is 5.49. The first-order valence-electron chi connectivity index (χ1n) is 5.10. The van der Waals surface area contributed by atoms with Gasteiger partial charge < -0.3 is 10.2 Å². The van der Waals surface area contributed by atoms with E-state index in [4.69, 9.17) is 0 Å². The molecule has 0 saturated carbocycles. The molecule has 1 aromatic rings. The summed E-state index contributed by atoms with van der Waals surface area (Å²) in [5.41, 5.74) is 0.728. The second-order valence-corrected chi connectivity index (χ2v) is 3.77. The van der Waals surface area contributed by atoms with Gasteiger partial charge in [0.2, 0.25) is 0 Å². The van der Waals surface area contributed by atoms with Gasteiger partial charge in [-0.25, -0.2) is 8.78 Å². The maximum Gasteiger partial charge on any atom is 0.131 e. The fourth-order valence-corrected chi connectivity index (χ4v) is 1.74. The number of rotatable bonds is 1. The summed E-state index contributed by atoms with van der Waals surface area (Å²) < 4.78 is 26.6. The molecule has 15 heavy (non-hydrogen) atoms. The SMILES string of the molecule is Cc1c(F)cc(N2CCNCC2)cc1F. The first-order valence-corrected chi connectivity index (χ1v) is 5.10. The Kier molecular flexibility index (Phi) is 2.86. The van der Waals surface area contributed by atoms with Crippen LogP contribution in [0.2, 0.25) is 0 Å². The summed E-state index contributed by atoms with van der Waals surface area (Å²) in [6, 6.07) is 2.81. The van der Waals surface area contributed by atoms with E-state index < -0.39 is 11.6 Å². The van der Waals surface area contributed by atoms with Crippen LogP contribution in [-0.4, -0.2) is 26.2 Å². The molecule has 2 nitrogen and oxygen atoms in total. The van der Waals surface area contributed by atoms with Crippen molar-refractivity contribution in [3.8, 4) is 0 Å². The minimum Gasteiger partial charge on any atom is -0.369 e. The zero-order chi connectivity index (χ0) is 10.8. The van der Waals surface area contributed by atoms with Crippen molar-refractivity contribution in [2.75, 3.05) is 31.1 Å². The minimum atomic E-state index is -0.469. The van der Waals surface area contributed by atoms with Gasteiger partial charge in [0.1, 0.15) is 11.6 Å². The van der Waals surface area contributed by atoms with Gasteiger partial charge in [-0.05, 0) is 19.1 Å². The van der Waals surface area contributed by atoms with Gasteiger partial charge in [-0.3, -0.25) is 0 Å². The summed E-state index contributed by atoms with van der Waals surface area (Å²) >= 11 is 0. The molecule has 4 heteroatoms. The van der Waals surface area contributed by atoms with Crippen molar-refractivity contribution < 1.29 is 8.78 Å². The second kappa shape index (κ2) is 4.14. The summed E-state index contributed by atoms with van der Waals surface area (Å²) in [4.78, 5) is 1.99. The van der Waals surface area contributed by atoms with Gasteiger partial charge in [0.05, 0.1) is 0 Å². The van der Waals surface area contributed by atoms with Gasteiger partial charge in [0.15, 0.2) is 0 Å². The predicted octanol–water partition coefficient (Wildman–Crippen LogP) is 1.68. The average molecular weight is 212 g/mol. The quantitative estimate of drug-likeness (QED) is 0.762. The summed E-state index contributed by atoms with van der Waals surface area (Å²) in [5.74, 6) is -0.938. The largest absolute Gasteiger partial charge is 0.369 e. The summed E-state index contributed by atoms with van der Waals surface area (Å²) in [5, 5.41) is 3.20. The topological polar surface area (TPSA) is 15.3 Å². The highest BCUT2D eigenvalue weighted by Crippen LogP contribution is 2.21. The Morgan fingerprint density at radius 2 is 1.67 bits per heavy atom. The van der Waals surface area contributed by atoms with Gasteiger partial charge in [-0.15, -0.1) is 0 Å². The Morgan fingerprint density at radius 3 is 2.20 bits per heavy atom. The molecule has 1 aliphatic heterocycles. The summed E-state index contributed by atoms with van der Waals surface area (Å²) in [7, 11) is 0. The van der Waals surface area contributed by atoms with Crippen molar-refractivity contribution in [3.05, 3.63) is 29.3 Å². The van der Waals surface area contributed by atoms with Crippen LogP contribution < -0.4 is 10.2 Å². The van der Waals surface area contributed by atoms with E-state index in [1.165, 1.54) is 19.1 Å². The van der Waals surface area contributed by atoms with Crippen LogP contribution >= 0.6 is 0 Å². The molecule has 0 bridgehead atoms. The van der Waals surface area contributed by atoms with Crippen LogP contribution in [0, 0.1) is 18.6 Å². The second-order valence-electron chi connectivity index (χ2n) is 3.77. The summed E-state index contributed by atoms with van der Waals surface area (Å²) in [6.45, 7) is 4.75. The van der Waals surface area contributed by atoms with Gasteiger partial charge in [-0.1, -0.05) is 0 Å². The third kappa shape index (κ3) is 2.09. The van der Waals surface area contributed by atoms with Crippen LogP contribution in [0.15, 0.2) is 12.1 Å². The van der Waals surface area contributed by atoms with Crippen LogP contribution in [0.5, 0.6) is 0 Å². The van der Waals surface area contributed by atoms with Crippen molar-refractivity contribution in [1.82, 2.24) is 5.32 Å². The standard InChI is InChI=1S/C11H14F2N2/c1-8-10(12)6-9(7-11(8)13)15-4-2-14-3-5-15/h6-7,14H,2-5H2,1H3. The highest BCUT2D eigenvalue weighted by atomic mass is 19.1. The van der Waals surface area contributed by atoms with E-state index in [-0.39, 0.29) is 5.56 Å². The van der Waals surface area contributed by atoms with Crippen LogP contribution in [0.25, 0.3) is 0 Å². The van der Waals surface area contributed by atoms with Crippen molar-refractivity contribution in [2.45, 2.75) is 6.92 Å². The third-order valence-electron chi connectivity index (χ3n) is 2.75. The monoisotopic (exact) mass is 212 g/mol. The molecule has 1 fully saturated rings. The van der Waals surface area contributed by atoms with Crippen molar-refractivity contribution in [3.63, 3.8) is 0 Å². The van der Waals surface area contributed by atoms with E-state index in [0.29, 0.717) is 5.69 Å². The van der Waals surface area contributed by atoms with Crippen molar-refractivity contribution in [2.24, 2.45) is 0 Å². The van der Waals surface area contributed by atoms with E-state index in [0.717, 1.165) is 26.2 Å². The van der Waals surface area contributed by atoms with Crippen LogP contribution in [0.3, 0.4) is 0 Å². The first kappa shape index (κ1) is 10.4. The molecule has 82 valence electrons. The molecule has 0 amide bonds. The smallest absolute Gasteiger partial charge is 0.131 e. The Hall–Kier alpha value is -1.16. The maximum atomic E-state index is 13.3. The molecule has 1 heterocycles. The highest BCUT2D eigenvalue weighted by Gasteiger charge is 2.14. The van der Waals surface area contributed by atoms with Gasteiger partial charge >= 0.3 is 0 Å². The molecule has 0 aliphatic carbocycles. The predicted molar refractivity (Wildman–Crippen MR) is 56.2 cm³/mol. The van der Waals surface area contributed by atoms with Gasteiger partial charge in [0, 0.05) is 37.4 Å². The first-order chi connectivity index (χ1) is 7.18. The Morgan fingerprint density at radius 1 is 1.13 bits per heavy atom. The molecule has 1 aliphatic rings. The van der Waals surface area contributed by atoms with Gasteiger partial charge in [0.25, 0.3) is 0 Å². The number of anilines is 1. The molecule has 0 spiro atoms. The fraction of sp³-hybridized carbons (Fsp3) is 0.455. The number of hydrogen-bond donors (Lipinski definition) is 1. The molecular weight excluding hydrogens is 198 g/mol. The Labute approximate surface area is 87.9 Å². The van der Waals surface area contributed by atoms with Crippen molar-refractivity contribution in [1.29, 1.82) is 0 Å². The Balaban J connectivity index is 2.27. The zero-order valence-electron chi connectivity index (χ0n) is 8.69. The molecule has 1 aromatic carbocycles. The lowest BCUT2D eigenvalue weighted by Crippen LogP contribution is -2.43. The van der Waals surface area contributed by atoms with E-state index in [1.54, 1.807) is 0 Å². The van der Waals surface area contributed by atoms with E-state index in [9.17, 15) is 8.78 Å². The average Bonchev–Trinajstić information content (AvgIpc) is 2.26.